The van der Waals surface area contributed by atoms with Gasteiger partial charge in [-0.1, -0.05) is 51.8 Å². The molecule has 0 amide bonds. The number of hydrogen-bond acceptors (Lipinski definition) is 4. The van der Waals surface area contributed by atoms with Crippen molar-refractivity contribution in [2.24, 2.45) is 5.92 Å². The highest BCUT2D eigenvalue weighted by molar-refractivity contribution is 9.10. The van der Waals surface area contributed by atoms with E-state index in [4.69, 9.17) is 23.2 Å². The number of fused-ring (bicyclic) bond motifs is 3. The number of anilines is 1. The molecule has 4 nitrogen and oxygen atoms in total. The van der Waals surface area contributed by atoms with E-state index in [0.717, 1.165) is 22.1 Å². The number of alkyl halides is 1. The van der Waals surface area contributed by atoms with E-state index in [1.807, 2.05) is 42.5 Å². The normalized spacial score (nSPS) is 26.2. The van der Waals surface area contributed by atoms with Gasteiger partial charge in [0.1, 0.15) is 0 Å². The molecule has 0 bridgehead atoms. The topological polar surface area (TPSA) is 55.2 Å². The fraction of sp³-hybridized carbons (Fsp3) is 0.250. The summed E-state index contributed by atoms with van der Waals surface area (Å²) in [7, 11) is 0. The van der Waals surface area contributed by atoms with Gasteiger partial charge in [-0.15, -0.1) is 23.4 Å². The summed E-state index contributed by atoms with van der Waals surface area (Å²) in [5.41, 5.74) is 3.48. The second-order valence-electron chi connectivity index (χ2n) is 8.16. The minimum absolute atomic E-state index is 0.0363. The number of nitrogens with zero attached hydrogens (tertiary/aromatic N) is 1. The van der Waals surface area contributed by atoms with Gasteiger partial charge in [-0.05, 0) is 59.9 Å². The zero-order chi connectivity index (χ0) is 22.4. The van der Waals surface area contributed by atoms with E-state index >= 15 is 0 Å². The molecule has 0 radical (unpaired) electrons. The van der Waals surface area contributed by atoms with E-state index in [2.05, 4.69) is 33.4 Å². The average Bonchev–Trinajstić information content (AvgIpc) is 3.10. The molecule has 5 rings (SSSR count). The van der Waals surface area contributed by atoms with Crippen LogP contribution in [0.25, 0.3) is 0 Å². The van der Waals surface area contributed by atoms with Crippen LogP contribution in [0.3, 0.4) is 0 Å². The van der Waals surface area contributed by atoms with Crippen molar-refractivity contribution >= 4 is 62.3 Å². The first kappa shape index (κ1) is 22.1. The summed E-state index contributed by atoms with van der Waals surface area (Å²) in [4.78, 5) is 11.9. The Balaban J connectivity index is 1.54. The number of halogens is 3. The van der Waals surface area contributed by atoms with Gasteiger partial charge >= 0.3 is 0 Å². The third kappa shape index (κ3) is 4.03. The lowest BCUT2D eigenvalue weighted by molar-refractivity contribution is -0.387. The van der Waals surface area contributed by atoms with Crippen LogP contribution in [0.1, 0.15) is 29.5 Å². The van der Waals surface area contributed by atoms with Crippen LogP contribution in [-0.4, -0.2) is 15.6 Å². The highest BCUT2D eigenvalue weighted by Crippen LogP contribution is 2.58. The maximum Gasteiger partial charge on any atom is 0.282 e. The van der Waals surface area contributed by atoms with Crippen LogP contribution >= 0.6 is 50.9 Å². The Bertz CT molecular complexity index is 1190. The van der Waals surface area contributed by atoms with Crippen molar-refractivity contribution in [1.29, 1.82) is 0 Å². The highest BCUT2D eigenvalue weighted by Gasteiger charge is 2.50. The monoisotopic (exact) mass is 548 g/mol. The van der Waals surface area contributed by atoms with Gasteiger partial charge in [0.05, 0.1) is 21.2 Å². The van der Waals surface area contributed by atoms with Gasteiger partial charge in [0.25, 0.3) is 5.69 Å². The Morgan fingerprint density at radius 3 is 2.69 bits per heavy atom. The number of para-hydroxylation sites is 1. The summed E-state index contributed by atoms with van der Waals surface area (Å²) >= 11 is 18.6. The summed E-state index contributed by atoms with van der Waals surface area (Å²) in [5, 5.41) is 15.8. The van der Waals surface area contributed by atoms with Crippen molar-refractivity contribution in [2.45, 2.75) is 33.9 Å². The lowest BCUT2D eigenvalue weighted by Crippen LogP contribution is -2.31. The van der Waals surface area contributed by atoms with Crippen LogP contribution in [0.2, 0.25) is 5.02 Å². The first-order valence-corrected chi connectivity index (χ1v) is 12.8. The number of thioether (sulfide) groups is 1. The highest BCUT2D eigenvalue weighted by atomic mass is 79.9. The van der Waals surface area contributed by atoms with E-state index in [-0.39, 0.29) is 39.1 Å². The third-order valence-corrected chi connectivity index (χ3v) is 9.16. The molecule has 2 aliphatic rings. The molecule has 3 aromatic carbocycles. The zero-order valence-corrected chi connectivity index (χ0v) is 20.7. The molecule has 1 aliphatic carbocycles. The molecule has 1 saturated carbocycles. The van der Waals surface area contributed by atoms with Crippen molar-refractivity contribution < 1.29 is 4.92 Å². The molecule has 1 heterocycles. The van der Waals surface area contributed by atoms with Crippen LogP contribution in [-0.2, 0) is 0 Å². The molecule has 0 saturated heterocycles. The molecule has 0 spiro atoms. The largest absolute Gasteiger partial charge is 0.378 e. The molecule has 8 heteroatoms. The van der Waals surface area contributed by atoms with Gasteiger partial charge < -0.3 is 5.32 Å². The van der Waals surface area contributed by atoms with Crippen LogP contribution in [0.5, 0.6) is 0 Å². The summed E-state index contributed by atoms with van der Waals surface area (Å²) in [5.74, 6) is 0.328. The molecule has 32 heavy (non-hydrogen) atoms. The summed E-state index contributed by atoms with van der Waals surface area (Å²) in [6.07, 6.45) is 0.839. The number of hydrogen-bond donors (Lipinski definition) is 1. The molecule has 0 aromatic heterocycles. The van der Waals surface area contributed by atoms with Gasteiger partial charge in [0.15, 0.2) is 0 Å². The van der Waals surface area contributed by atoms with Gasteiger partial charge in [-0.25, -0.2) is 0 Å². The Morgan fingerprint density at radius 2 is 1.91 bits per heavy atom. The second kappa shape index (κ2) is 8.90. The molecule has 5 atom stereocenters. The molecule has 1 fully saturated rings. The van der Waals surface area contributed by atoms with Gasteiger partial charge in [-0.2, -0.15) is 0 Å². The number of nitro groups is 1. The summed E-state index contributed by atoms with van der Waals surface area (Å²) in [6, 6.07) is 21.2. The fourth-order valence-corrected chi connectivity index (χ4v) is 7.53. The predicted molar refractivity (Wildman–Crippen MR) is 135 cm³/mol. The smallest absolute Gasteiger partial charge is 0.282 e. The van der Waals surface area contributed by atoms with Crippen molar-refractivity contribution in [3.8, 4) is 0 Å². The van der Waals surface area contributed by atoms with Gasteiger partial charge in [0, 0.05) is 32.4 Å². The van der Waals surface area contributed by atoms with Crippen LogP contribution < -0.4 is 5.32 Å². The van der Waals surface area contributed by atoms with Gasteiger partial charge in [-0.3, -0.25) is 10.1 Å². The molecule has 1 aliphatic heterocycles. The van der Waals surface area contributed by atoms with E-state index in [0.29, 0.717) is 9.92 Å². The average molecular weight is 550 g/mol. The van der Waals surface area contributed by atoms with E-state index in [1.165, 1.54) is 17.3 Å². The molecule has 1 N–H and O–H groups in total. The van der Waals surface area contributed by atoms with Crippen molar-refractivity contribution in [2.75, 3.05) is 5.32 Å². The number of nitro benzene ring substituents is 1. The van der Waals surface area contributed by atoms with Crippen molar-refractivity contribution in [3.05, 3.63) is 97.5 Å². The minimum atomic E-state index is -0.325. The first-order valence-electron chi connectivity index (χ1n) is 10.3. The Morgan fingerprint density at radius 1 is 1.09 bits per heavy atom. The fourth-order valence-electron chi connectivity index (χ4n) is 4.99. The second-order valence-corrected chi connectivity index (χ2v) is 11.3. The van der Waals surface area contributed by atoms with E-state index in [9.17, 15) is 10.1 Å². The third-order valence-electron chi connectivity index (χ3n) is 6.32. The van der Waals surface area contributed by atoms with E-state index < -0.39 is 0 Å². The Kier molecular flexibility index (Phi) is 6.14. The van der Waals surface area contributed by atoms with E-state index in [1.54, 1.807) is 12.1 Å². The molecule has 3 aromatic rings. The Labute approximate surface area is 209 Å². The molecular formula is C24H19BrCl2N2O2S. The molecule has 164 valence electrons. The van der Waals surface area contributed by atoms with Crippen LogP contribution in [0.15, 0.2) is 76.1 Å². The zero-order valence-electron chi connectivity index (χ0n) is 16.8. The molecular weight excluding hydrogens is 531 g/mol. The number of nitrogens with one attached hydrogen (secondary N) is 1. The lowest BCUT2D eigenvalue weighted by atomic mass is 9.77. The predicted octanol–water partition coefficient (Wildman–Crippen LogP) is 8.05. The van der Waals surface area contributed by atoms with Crippen LogP contribution in [0, 0.1) is 16.0 Å². The maximum atomic E-state index is 11.5. The first-order chi connectivity index (χ1) is 15.4. The Hall–Kier alpha value is -1.73. The molecule has 0 unspecified atom stereocenters. The standard InChI is InChI=1S/C24H19BrCl2N2O2S/c25-14-5-3-4-13(10-14)24-17-12-21(32-20-7-2-1-6-19(20)29(30)31)23(27)22(17)16-11-15(26)8-9-18(16)28-24/h1-11,17,21-24,28H,12H2/t17-,21+,22+,23-,24+/m1/s1. The van der Waals surface area contributed by atoms with Crippen LogP contribution in [0.4, 0.5) is 11.4 Å². The quantitative estimate of drug-likeness (QED) is 0.203. The summed E-state index contributed by atoms with van der Waals surface area (Å²) in [6.45, 7) is 0. The number of benzene rings is 3. The summed E-state index contributed by atoms with van der Waals surface area (Å²) < 4.78 is 1.03. The maximum absolute atomic E-state index is 11.5. The lowest BCUT2D eigenvalue weighted by Gasteiger charge is -2.38. The number of rotatable bonds is 4. The van der Waals surface area contributed by atoms with Crippen molar-refractivity contribution in [1.82, 2.24) is 0 Å². The minimum Gasteiger partial charge on any atom is -0.378 e. The van der Waals surface area contributed by atoms with Crippen molar-refractivity contribution in [3.63, 3.8) is 0 Å². The SMILES string of the molecule is O=[N+]([O-])c1ccccc1S[C@H]1C[C@@H]2[C@H](c3cc(Cl)ccc3N[C@H]2c2cccc(Br)c2)[C@@H]1Cl. The van der Waals surface area contributed by atoms with Gasteiger partial charge in [0.2, 0.25) is 0 Å².